The lowest BCUT2D eigenvalue weighted by atomic mass is 9.97. The van der Waals surface area contributed by atoms with Crippen LogP contribution in [0.3, 0.4) is 0 Å². The van der Waals surface area contributed by atoms with Gasteiger partial charge in [-0.05, 0) is 43.5 Å². The topological polar surface area (TPSA) is 30.0 Å². The van der Waals surface area contributed by atoms with Crippen molar-refractivity contribution in [1.82, 2.24) is 4.98 Å². The maximum Gasteiger partial charge on any atom is 0.211 e. The van der Waals surface area contributed by atoms with E-state index >= 15 is 0 Å². The van der Waals surface area contributed by atoms with E-state index in [9.17, 15) is 4.79 Å². The van der Waals surface area contributed by atoms with Crippen LogP contribution in [0.5, 0.6) is 0 Å². The summed E-state index contributed by atoms with van der Waals surface area (Å²) in [5, 5.41) is 0. The molecule has 2 heteroatoms. The number of hydrogen-bond acceptors (Lipinski definition) is 2. The molecule has 0 bridgehead atoms. The maximum absolute atomic E-state index is 12.5. The monoisotopic (exact) mass is 239 g/mol. The highest BCUT2D eigenvalue weighted by atomic mass is 16.1. The fraction of sp³-hybridized carbons (Fsp3) is 0.250. The Kier molecular flexibility index (Phi) is 3.56. The molecule has 1 heterocycles. The van der Waals surface area contributed by atoms with Crippen molar-refractivity contribution in [3.05, 3.63) is 64.5 Å². The molecule has 1 aromatic carbocycles. The summed E-state index contributed by atoms with van der Waals surface area (Å²) in [6.07, 6.45) is 2.50. The van der Waals surface area contributed by atoms with E-state index in [1.54, 1.807) is 6.20 Å². The Bertz CT molecular complexity index is 587. The van der Waals surface area contributed by atoms with Gasteiger partial charge in [0.05, 0.1) is 0 Å². The Morgan fingerprint density at radius 3 is 2.72 bits per heavy atom. The molecule has 0 aliphatic carbocycles. The van der Waals surface area contributed by atoms with Gasteiger partial charge in [-0.1, -0.05) is 30.7 Å². The molecule has 92 valence electrons. The van der Waals surface area contributed by atoms with E-state index < -0.39 is 0 Å². The average Bonchev–Trinajstić information content (AvgIpc) is 2.40. The van der Waals surface area contributed by atoms with Gasteiger partial charge in [-0.3, -0.25) is 9.78 Å². The van der Waals surface area contributed by atoms with Gasteiger partial charge in [-0.2, -0.15) is 0 Å². The molecule has 0 aliphatic heterocycles. The lowest BCUT2D eigenvalue weighted by molar-refractivity contribution is 0.103. The van der Waals surface area contributed by atoms with Crippen LogP contribution in [0.1, 0.15) is 39.7 Å². The van der Waals surface area contributed by atoms with Crippen molar-refractivity contribution >= 4 is 5.78 Å². The van der Waals surface area contributed by atoms with E-state index in [0.29, 0.717) is 5.69 Å². The zero-order chi connectivity index (χ0) is 13.1. The van der Waals surface area contributed by atoms with Gasteiger partial charge < -0.3 is 0 Å². The molecule has 2 nitrogen and oxygen atoms in total. The number of nitrogens with zero attached hydrogens (tertiary/aromatic N) is 1. The van der Waals surface area contributed by atoms with Crippen LogP contribution < -0.4 is 0 Å². The molecule has 0 N–H and O–H groups in total. The first-order valence-electron chi connectivity index (χ1n) is 6.19. The number of benzene rings is 1. The Balaban J connectivity index is 2.51. The van der Waals surface area contributed by atoms with Crippen LogP contribution in [0.4, 0.5) is 0 Å². The van der Waals surface area contributed by atoms with Crippen molar-refractivity contribution in [1.29, 1.82) is 0 Å². The highest BCUT2D eigenvalue weighted by Crippen LogP contribution is 2.17. The summed E-state index contributed by atoms with van der Waals surface area (Å²) in [6.45, 7) is 5.99. The van der Waals surface area contributed by atoms with Gasteiger partial charge in [0.15, 0.2) is 0 Å². The second kappa shape index (κ2) is 5.13. The number of pyridine rings is 1. The van der Waals surface area contributed by atoms with E-state index in [1.807, 2.05) is 51.1 Å². The highest BCUT2D eigenvalue weighted by molar-refractivity contribution is 6.09. The third-order valence-electron chi connectivity index (χ3n) is 3.12. The number of aromatic nitrogens is 1. The molecule has 2 aromatic rings. The molecule has 0 amide bonds. The van der Waals surface area contributed by atoms with E-state index in [-0.39, 0.29) is 5.78 Å². The maximum atomic E-state index is 12.5. The van der Waals surface area contributed by atoms with Gasteiger partial charge in [-0.15, -0.1) is 0 Å². The van der Waals surface area contributed by atoms with Crippen molar-refractivity contribution in [2.45, 2.75) is 27.2 Å². The Morgan fingerprint density at radius 1 is 1.22 bits per heavy atom. The van der Waals surface area contributed by atoms with Crippen molar-refractivity contribution in [3.8, 4) is 0 Å². The lowest BCUT2D eigenvalue weighted by Crippen LogP contribution is -2.09. The zero-order valence-corrected chi connectivity index (χ0v) is 11.0. The molecule has 18 heavy (non-hydrogen) atoms. The Hall–Kier alpha value is -1.96. The van der Waals surface area contributed by atoms with Gasteiger partial charge in [0.25, 0.3) is 0 Å². The number of rotatable bonds is 3. The Morgan fingerprint density at radius 2 is 2.00 bits per heavy atom. The average molecular weight is 239 g/mol. The second-order valence-corrected chi connectivity index (χ2v) is 4.51. The molecule has 2 rings (SSSR count). The third-order valence-corrected chi connectivity index (χ3v) is 3.12. The molecular formula is C16H17NO. The van der Waals surface area contributed by atoms with Gasteiger partial charge in [0.1, 0.15) is 5.69 Å². The number of carbonyl (C=O) groups is 1. The fourth-order valence-electron chi connectivity index (χ4n) is 2.04. The van der Waals surface area contributed by atoms with Crippen LogP contribution in [0.2, 0.25) is 0 Å². The van der Waals surface area contributed by atoms with Crippen LogP contribution >= 0.6 is 0 Å². The molecule has 0 spiro atoms. The Labute approximate surface area is 108 Å². The normalized spacial score (nSPS) is 10.4. The van der Waals surface area contributed by atoms with Gasteiger partial charge in [0.2, 0.25) is 5.78 Å². The minimum absolute atomic E-state index is 0.0219. The van der Waals surface area contributed by atoms with E-state index in [0.717, 1.165) is 28.7 Å². The predicted molar refractivity (Wildman–Crippen MR) is 73.0 cm³/mol. The van der Waals surface area contributed by atoms with E-state index in [4.69, 9.17) is 0 Å². The molecule has 0 saturated heterocycles. The van der Waals surface area contributed by atoms with Crippen molar-refractivity contribution in [2.75, 3.05) is 0 Å². The molecule has 0 atom stereocenters. The van der Waals surface area contributed by atoms with Crippen LogP contribution in [-0.4, -0.2) is 10.8 Å². The second-order valence-electron chi connectivity index (χ2n) is 4.51. The summed E-state index contributed by atoms with van der Waals surface area (Å²) in [7, 11) is 0. The molecular weight excluding hydrogens is 222 g/mol. The summed E-state index contributed by atoms with van der Waals surface area (Å²) in [5.74, 6) is 0.0219. The number of carbonyl (C=O) groups excluding carboxylic acids is 1. The molecule has 0 fully saturated rings. The summed E-state index contributed by atoms with van der Waals surface area (Å²) in [6, 6.07) is 9.78. The SMILES string of the molecule is CCc1cccnc1C(=O)c1cc(C)ccc1C. The zero-order valence-electron chi connectivity index (χ0n) is 11.0. The third kappa shape index (κ3) is 2.33. The van der Waals surface area contributed by atoms with Gasteiger partial charge in [0, 0.05) is 11.8 Å². The van der Waals surface area contributed by atoms with E-state index in [1.165, 1.54) is 0 Å². The molecule has 0 radical (unpaired) electrons. The van der Waals surface area contributed by atoms with Crippen molar-refractivity contribution in [3.63, 3.8) is 0 Å². The van der Waals surface area contributed by atoms with E-state index in [2.05, 4.69) is 4.98 Å². The predicted octanol–water partition coefficient (Wildman–Crippen LogP) is 3.49. The minimum Gasteiger partial charge on any atom is -0.287 e. The van der Waals surface area contributed by atoms with Crippen molar-refractivity contribution in [2.24, 2.45) is 0 Å². The van der Waals surface area contributed by atoms with Crippen LogP contribution in [-0.2, 0) is 6.42 Å². The quantitative estimate of drug-likeness (QED) is 0.767. The largest absolute Gasteiger partial charge is 0.287 e. The first-order valence-corrected chi connectivity index (χ1v) is 6.19. The lowest BCUT2D eigenvalue weighted by Gasteiger charge is -2.08. The fourth-order valence-corrected chi connectivity index (χ4v) is 2.04. The van der Waals surface area contributed by atoms with Crippen LogP contribution in [0.25, 0.3) is 0 Å². The highest BCUT2D eigenvalue weighted by Gasteiger charge is 2.16. The summed E-state index contributed by atoms with van der Waals surface area (Å²) in [4.78, 5) is 16.8. The number of hydrogen-bond donors (Lipinski definition) is 0. The van der Waals surface area contributed by atoms with Gasteiger partial charge >= 0.3 is 0 Å². The first-order chi connectivity index (χ1) is 8.63. The molecule has 0 aliphatic rings. The van der Waals surface area contributed by atoms with Crippen LogP contribution in [0, 0.1) is 13.8 Å². The summed E-state index contributed by atoms with van der Waals surface area (Å²) in [5.41, 5.74) is 4.43. The molecule has 0 unspecified atom stereocenters. The standard InChI is InChI=1S/C16H17NO/c1-4-13-6-5-9-17-15(13)16(18)14-10-11(2)7-8-12(14)3/h5-10H,4H2,1-3H3. The summed E-state index contributed by atoms with van der Waals surface area (Å²) < 4.78 is 0. The summed E-state index contributed by atoms with van der Waals surface area (Å²) >= 11 is 0. The molecule has 1 aromatic heterocycles. The van der Waals surface area contributed by atoms with Gasteiger partial charge in [-0.25, -0.2) is 0 Å². The number of ketones is 1. The first kappa shape index (κ1) is 12.5. The number of aryl methyl sites for hydroxylation is 3. The molecule has 0 saturated carbocycles. The van der Waals surface area contributed by atoms with Crippen molar-refractivity contribution < 1.29 is 4.79 Å². The van der Waals surface area contributed by atoms with Crippen LogP contribution in [0.15, 0.2) is 36.5 Å². The smallest absolute Gasteiger partial charge is 0.211 e. The minimum atomic E-state index is 0.0219.